The SMILES string of the molecule is CC1(C)CC(C(=O)N[C@@H](Cc2ccc(NC(=O)c3c(Cl)cccc3Cl)cc2)C(=O)O)CC/C1=C\C(=O)O. The topological polar surface area (TPSA) is 133 Å². The van der Waals surface area contributed by atoms with Gasteiger partial charge < -0.3 is 20.8 Å². The molecule has 4 N–H and O–H groups in total. The van der Waals surface area contributed by atoms with Gasteiger partial charge in [0.05, 0.1) is 15.6 Å². The Labute approximate surface area is 224 Å². The Morgan fingerprint density at radius 1 is 1.05 bits per heavy atom. The van der Waals surface area contributed by atoms with E-state index in [9.17, 15) is 24.3 Å². The number of carbonyl (C=O) groups excluding carboxylic acids is 2. The first-order valence-corrected chi connectivity index (χ1v) is 12.4. The summed E-state index contributed by atoms with van der Waals surface area (Å²) < 4.78 is 0. The van der Waals surface area contributed by atoms with Crippen LogP contribution in [0.25, 0.3) is 0 Å². The van der Waals surface area contributed by atoms with E-state index >= 15 is 0 Å². The van der Waals surface area contributed by atoms with Gasteiger partial charge in [0.2, 0.25) is 5.91 Å². The Morgan fingerprint density at radius 3 is 2.22 bits per heavy atom. The van der Waals surface area contributed by atoms with Crippen molar-refractivity contribution in [2.45, 2.75) is 45.6 Å². The second-order valence-electron chi connectivity index (χ2n) is 9.68. The number of carbonyl (C=O) groups is 4. The molecule has 1 unspecified atom stereocenters. The molecule has 1 aliphatic rings. The minimum atomic E-state index is -1.17. The van der Waals surface area contributed by atoms with Gasteiger partial charge in [0.1, 0.15) is 6.04 Å². The fraction of sp³-hybridized carbons (Fsp3) is 0.333. The number of halogens is 2. The van der Waals surface area contributed by atoms with Crippen LogP contribution in [0.15, 0.2) is 54.1 Å². The third-order valence-electron chi connectivity index (χ3n) is 6.51. The summed E-state index contributed by atoms with van der Waals surface area (Å²) in [4.78, 5) is 48.4. The van der Waals surface area contributed by atoms with Crippen LogP contribution in [0.1, 0.15) is 49.0 Å². The molecule has 0 spiro atoms. The van der Waals surface area contributed by atoms with Gasteiger partial charge in [0, 0.05) is 24.1 Å². The molecule has 196 valence electrons. The molecule has 0 heterocycles. The fourth-order valence-electron chi connectivity index (χ4n) is 4.52. The number of hydrogen-bond acceptors (Lipinski definition) is 4. The summed E-state index contributed by atoms with van der Waals surface area (Å²) in [5.41, 5.74) is 1.56. The van der Waals surface area contributed by atoms with Gasteiger partial charge in [-0.25, -0.2) is 9.59 Å². The summed E-state index contributed by atoms with van der Waals surface area (Å²) in [6, 6.07) is 10.2. The van der Waals surface area contributed by atoms with Crippen molar-refractivity contribution in [1.29, 1.82) is 0 Å². The monoisotopic (exact) mass is 546 g/mol. The smallest absolute Gasteiger partial charge is 0.328 e. The average molecular weight is 547 g/mol. The molecule has 8 nitrogen and oxygen atoms in total. The van der Waals surface area contributed by atoms with Crippen molar-refractivity contribution in [3.8, 4) is 0 Å². The molecule has 2 aromatic carbocycles. The normalized spacial score (nSPS) is 18.6. The lowest BCUT2D eigenvalue weighted by molar-refractivity contribution is -0.142. The van der Waals surface area contributed by atoms with Crippen LogP contribution >= 0.6 is 23.2 Å². The average Bonchev–Trinajstić information content (AvgIpc) is 2.80. The molecule has 0 aromatic heterocycles. The Balaban J connectivity index is 1.63. The second-order valence-corrected chi connectivity index (χ2v) is 10.5. The lowest BCUT2D eigenvalue weighted by atomic mass is 9.68. The Hall–Kier alpha value is -3.36. The van der Waals surface area contributed by atoms with Gasteiger partial charge in [-0.3, -0.25) is 9.59 Å². The fourth-order valence-corrected chi connectivity index (χ4v) is 5.08. The molecule has 2 aromatic rings. The van der Waals surface area contributed by atoms with E-state index in [-0.39, 0.29) is 27.9 Å². The number of carboxylic acids is 2. The minimum absolute atomic E-state index is 0.0475. The van der Waals surface area contributed by atoms with Crippen LogP contribution in [0.4, 0.5) is 5.69 Å². The summed E-state index contributed by atoms with van der Waals surface area (Å²) >= 11 is 12.2. The molecule has 0 aliphatic heterocycles. The number of aliphatic carboxylic acids is 2. The molecule has 2 amide bonds. The number of amides is 2. The number of hydrogen-bond donors (Lipinski definition) is 4. The molecule has 10 heteroatoms. The van der Waals surface area contributed by atoms with Crippen molar-refractivity contribution < 1.29 is 29.4 Å². The van der Waals surface area contributed by atoms with E-state index in [0.29, 0.717) is 30.5 Å². The predicted octanol–water partition coefficient (Wildman–Crippen LogP) is 5.19. The quantitative estimate of drug-likeness (QED) is 0.336. The highest BCUT2D eigenvalue weighted by atomic mass is 35.5. The second kappa shape index (κ2) is 11.8. The first kappa shape index (κ1) is 28.2. The maximum atomic E-state index is 12.9. The predicted molar refractivity (Wildman–Crippen MR) is 141 cm³/mol. The highest BCUT2D eigenvalue weighted by Gasteiger charge is 2.37. The van der Waals surface area contributed by atoms with Gasteiger partial charge in [-0.15, -0.1) is 0 Å². The first-order chi connectivity index (χ1) is 17.4. The highest BCUT2D eigenvalue weighted by Crippen LogP contribution is 2.43. The van der Waals surface area contributed by atoms with Gasteiger partial charge in [-0.05, 0) is 54.5 Å². The standard InChI is InChI=1S/C27H28Cl2N2O6/c1-27(2)14-16(8-9-17(27)13-22(32)33)24(34)31-21(26(36)37)12-15-6-10-18(11-7-15)30-25(35)23-19(28)4-3-5-20(23)29/h3-7,10-11,13,16,21H,8-9,12,14H2,1-2H3,(H,30,35)(H,31,34)(H,32,33)(H,36,37)/b17-13+/t16?,21-/m0/s1. The highest BCUT2D eigenvalue weighted by molar-refractivity contribution is 6.40. The third kappa shape index (κ3) is 7.33. The lowest BCUT2D eigenvalue weighted by Gasteiger charge is -2.37. The van der Waals surface area contributed by atoms with E-state index in [1.54, 1.807) is 42.5 Å². The minimum Gasteiger partial charge on any atom is -0.480 e. The molecule has 1 aliphatic carbocycles. The van der Waals surface area contributed by atoms with Crippen molar-refractivity contribution in [1.82, 2.24) is 5.32 Å². The van der Waals surface area contributed by atoms with Crippen molar-refractivity contribution in [2.24, 2.45) is 11.3 Å². The van der Waals surface area contributed by atoms with Gasteiger partial charge in [0.25, 0.3) is 5.91 Å². The number of nitrogens with one attached hydrogen (secondary N) is 2. The van der Waals surface area contributed by atoms with Gasteiger partial charge in [-0.2, -0.15) is 0 Å². The van der Waals surface area contributed by atoms with Crippen LogP contribution in [0.5, 0.6) is 0 Å². The maximum Gasteiger partial charge on any atom is 0.328 e. The summed E-state index contributed by atoms with van der Waals surface area (Å²) in [6.45, 7) is 3.77. The van der Waals surface area contributed by atoms with E-state index in [1.165, 1.54) is 6.08 Å². The Kier molecular flexibility index (Phi) is 8.99. The van der Waals surface area contributed by atoms with E-state index < -0.39 is 35.2 Å². The van der Waals surface area contributed by atoms with E-state index in [2.05, 4.69) is 10.6 Å². The molecule has 1 fully saturated rings. The summed E-state index contributed by atoms with van der Waals surface area (Å²) in [6.07, 6.45) is 2.58. The van der Waals surface area contributed by atoms with Crippen LogP contribution in [-0.2, 0) is 20.8 Å². The van der Waals surface area contributed by atoms with Crippen LogP contribution in [-0.4, -0.2) is 40.0 Å². The number of carboxylic acid groups (broad SMARTS) is 2. The molecule has 1 saturated carbocycles. The third-order valence-corrected chi connectivity index (χ3v) is 7.14. The molecule has 0 radical (unpaired) electrons. The van der Waals surface area contributed by atoms with Gasteiger partial charge in [0.15, 0.2) is 0 Å². The number of benzene rings is 2. The number of rotatable bonds is 8. The molecule has 2 atom stereocenters. The molecule has 0 saturated heterocycles. The van der Waals surface area contributed by atoms with Crippen LogP contribution in [0.3, 0.4) is 0 Å². The number of anilines is 1. The Bertz CT molecular complexity index is 1220. The Morgan fingerprint density at radius 2 is 1.68 bits per heavy atom. The molecule has 0 bridgehead atoms. The van der Waals surface area contributed by atoms with E-state index in [1.807, 2.05) is 13.8 Å². The van der Waals surface area contributed by atoms with E-state index in [0.717, 1.165) is 5.57 Å². The van der Waals surface area contributed by atoms with Gasteiger partial charge in [-0.1, -0.05) is 60.8 Å². The van der Waals surface area contributed by atoms with Crippen LogP contribution in [0, 0.1) is 11.3 Å². The van der Waals surface area contributed by atoms with Crippen molar-refractivity contribution in [3.63, 3.8) is 0 Å². The first-order valence-electron chi connectivity index (χ1n) is 11.7. The number of allylic oxidation sites excluding steroid dienone is 1. The van der Waals surface area contributed by atoms with Gasteiger partial charge >= 0.3 is 11.9 Å². The summed E-state index contributed by atoms with van der Waals surface area (Å²) in [5.74, 6) is -3.45. The van der Waals surface area contributed by atoms with Crippen molar-refractivity contribution in [2.75, 3.05) is 5.32 Å². The molecular formula is C27H28Cl2N2O6. The zero-order chi connectivity index (χ0) is 27.3. The lowest BCUT2D eigenvalue weighted by Crippen LogP contribution is -2.46. The summed E-state index contributed by atoms with van der Waals surface area (Å²) in [7, 11) is 0. The molecule has 3 rings (SSSR count). The summed E-state index contributed by atoms with van der Waals surface area (Å²) in [5, 5.41) is 24.6. The zero-order valence-electron chi connectivity index (χ0n) is 20.4. The largest absolute Gasteiger partial charge is 0.480 e. The van der Waals surface area contributed by atoms with Crippen LogP contribution < -0.4 is 10.6 Å². The van der Waals surface area contributed by atoms with Crippen LogP contribution in [0.2, 0.25) is 10.0 Å². The van der Waals surface area contributed by atoms with Crippen molar-refractivity contribution >= 4 is 52.6 Å². The van der Waals surface area contributed by atoms with Crippen molar-refractivity contribution in [3.05, 3.63) is 75.3 Å². The zero-order valence-corrected chi connectivity index (χ0v) is 21.9. The molecular weight excluding hydrogens is 519 g/mol. The van der Waals surface area contributed by atoms with E-state index in [4.69, 9.17) is 28.3 Å². The molecule has 37 heavy (non-hydrogen) atoms. The maximum absolute atomic E-state index is 12.9.